The molecule has 0 rings (SSSR count). The minimum Gasteiger partial charge on any atom is -0.569 e. The molecule has 0 aliphatic carbocycles. The van der Waals surface area contributed by atoms with Gasteiger partial charge in [0.2, 0.25) is 0 Å². The Labute approximate surface area is 102 Å². The molecule has 0 saturated carbocycles. The standard InChI is InChI=1S/CH3O.4CHO.2Ti/c5*1-2;;/h2H,1H2;4*1H;;/q5*-1;;. The zero-order valence-corrected chi connectivity index (χ0v) is 9.22. The van der Waals surface area contributed by atoms with E-state index in [1.54, 1.807) is 0 Å². The molecular weight excluding hydrogens is 236 g/mol. The fourth-order valence-corrected chi connectivity index (χ4v) is 0. The van der Waals surface area contributed by atoms with E-state index >= 15 is 0 Å². The van der Waals surface area contributed by atoms with Gasteiger partial charge in [0.25, 0.3) is 0 Å². The number of aliphatic hydroxyl groups is 1. The summed E-state index contributed by atoms with van der Waals surface area (Å²) in [4.78, 5) is 31.0. The van der Waals surface area contributed by atoms with E-state index in [9.17, 15) is 0 Å². The van der Waals surface area contributed by atoms with E-state index in [0.717, 1.165) is 0 Å². The van der Waals surface area contributed by atoms with Crippen LogP contribution in [0.15, 0.2) is 0 Å². The molecule has 0 heterocycles. The average molecular weight is 243 g/mol. The third kappa shape index (κ3) is 176000. The first kappa shape index (κ1) is 57.6. The second kappa shape index (κ2) is 239000. The molecular formula is C5H7O5Ti2-5. The summed E-state index contributed by atoms with van der Waals surface area (Å²) in [5.41, 5.74) is 0. The Bertz CT molecular complexity index is 25.8. The summed E-state index contributed by atoms with van der Waals surface area (Å²) in [6.45, 7) is 13.0. The van der Waals surface area contributed by atoms with Crippen molar-refractivity contribution in [1.82, 2.24) is 0 Å². The van der Waals surface area contributed by atoms with Crippen molar-refractivity contribution in [3.63, 3.8) is 0 Å². The Morgan fingerprint density at radius 3 is 0.583 bits per heavy atom. The zero-order chi connectivity index (χ0) is 10.0. The van der Waals surface area contributed by atoms with Gasteiger partial charge in [-0.3, -0.25) is 27.2 Å². The Morgan fingerprint density at radius 1 is 0.583 bits per heavy atom. The minimum atomic E-state index is 0. The van der Waals surface area contributed by atoms with Crippen LogP contribution in [-0.4, -0.2) is 32.3 Å². The third-order valence-electron chi connectivity index (χ3n) is 0. The number of carbonyl (C=O) groups excluding carboxylic acids is 4. The summed E-state index contributed by atoms with van der Waals surface area (Å²) in [6.07, 6.45) is 0. The van der Waals surface area contributed by atoms with Gasteiger partial charge >= 0.3 is 0 Å². The van der Waals surface area contributed by atoms with Crippen molar-refractivity contribution in [1.29, 1.82) is 0 Å². The molecule has 0 spiro atoms. The SMILES string of the molecule is [CH-]=O.[CH-]=O.[CH-]=O.[CH-]=O.[CH2-]O.[Ti].[Ti]. The Balaban J connectivity index is -0.00000000500. The topological polar surface area (TPSA) is 88.5 Å². The molecule has 0 saturated heterocycles. The molecule has 0 aliphatic rings. The van der Waals surface area contributed by atoms with Gasteiger partial charge in [-0.25, -0.2) is 7.11 Å². The predicted molar refractivity (Wildman–Crippen MR) is 34.3 cm³/mol. The largest absolute Gasteiger partial charge is 0.569 e. The van der Waals surface area contributed by atoms with E-state index in [1.807, 2.05) is 0 Å². The van der Waals surface area contributed by atoms with Gasteiger partial charge in [0.1, 0.15) is 0 Å². The summed E-state index contributed by atoms with van der Waals surface area (Å²) in [5, 5.41) is 6.75. The van der Waals surface area contributed by atoms with Crippen molar-refractivity contribution >= 4 is 27.2 Å². The van der Waals surface area contributed by atoms with Crippen LogP contribution >= 0.6 is 0 Å². The molecule has 70 valence electrons. The normalized spacial score (nSPS) is 1.83. The number of hydrogen-bond donors (Lipinski definition) is 1. The van der Waals surface area contributed by atoms with Crippen molar-refractivity contribution in [3.05, 3.63) is 7.11 Å². The quantitative estimate of drug-likeness (QED) is 0.336. The van der Waals surface area contributed by atoms with Gasteiger partial charge in [-0.2, -0.15) is 0 Å². The van der Waals surface area contributed by atoms with Crippen molar-refractivity contribution in [2.24, 2.45) is 0 Å². The number of hydrogen-bond acceptors (Lipinski definition) is 5. The molecule has 0 aromatic carbocycles. The van der Waals surface area contributed by atoms with Crippen molar-refractivity contribution in [2.45, 2.75) is 0 Å². The molecule has 0 aromatic heterocycles. The molecule has 0 fully saturated rings. The fourth-order valence-electron chi connectivity index (χ4n) is 0. The molecule has 0 amide bonds. The Kier molecular flexibility index (Phi) is 1140000. The minimum absolute atomic E-state index is 0. The average Bonchev–Trinajstić information content (AvgIpc) is 2.20. The van der Waals surface area contributed by atoms with Crippen LogP contribution in [0.3, 0.4) is 0 Å². The molecule has 0 atom stereocenters. The second-order valence-electron chi connectivity index (χ2n) is 0. The molecule has 1 N–H and O–H groups in total. The zero-order valence-electron chi connectivity index (χ0n) is 6.10. The van der Waals surface area contributed by atoms with Gasteiger partial charge in [0.15, 0.2) is 0 Å². The molecule has 0 aliphatic heterocycles. The van der Waals surface area contributed by atoms with Crippen LogP contribution in [0.4, 0.5) is 0 Å². The molecule has 0 unspecified atom stereocenters. The van der Waals surface area contributed by atoms with Crippen molar-refractivity contribution < 1.29 is 67.7 Å². The van der Waals surface area contributed by atoms with E-state index in [0.29, 0.717) is 0 Å². The first-order chi connectivity index (χ1) is 5.00. The summed E-state index contributed by atoms with van der Waals surface area (Å²) in [6, 6.07) is 0. The van der Waals surface area contributed by atoms with E-state index in [-0.39, 0.29) is 43.4 Å². The van der Waals surface area contributed by atoms with Gasteiger partial charge in [-0.05, 0) is 0 Å². The maximum absolute atomic E-state index is 7.75. The second-order valence-corrected chi connectivity index (χ2v) is 0. The molecule has 12 heavy (non-hydrogen) atoms. The predicted octanol–water partition coefficient (Wildman–Crippen LogP) is -0.951. The maximum atomic E-state index is 7.75. The third-order valence-corrected chi connectivity index (χ3v) is 0. The first-order valence-electron chi connectivity index (χ1n) is 1.26. The molecule has 0 aromatic rings. The van der Waals surface area contributed by atoms with E-state index in [4.69, 9.17) is 24.3 Å². The van der Waals surface area contributed by atoms with E-state index in [1.165, 1.54) is 0 Å². The van der Waals surface area contributed by atoms with Crippen LogP contribution in [0.1, 0.15) is 0 Å². The van der Waals surface area contributed by atoms with Gasteiger partial charge in [0.05, 0.1) is 0 Å². The van der Waals surface area contributed by atoms with Crippen LogP contribution in [0.2, 0.25) is 0 Å². The monoisotopic (exact) mass is 243 g/mol. The van der Waals surface area contributed by atoms with Crippen molar-refractivity contribution in [3.8, 4) is 0 Å². The first-order valence-corrected chi connectivity index (χ1v) is 1.26. The van der Waals surface area contributed by atoms with Gasteiger partial charge in [-0.1, -0.05) is 0 Å². The summed E-state index contributed by atoms with van der Waals surface area (Å²) < 4.78 is 0. The molecule has 5 nitrogen and oxygen atoms in total. The number of rotatable bonds is 0. The number of aliphatic hydroxyl groups excluding tert-OH is 1. The van der Waals surface area contributed by atoms with Gasteiger partial charge < -0.3 is 24.3 Å². The molecule has 7 heteroatoms. The summed E-state index contributed by atoms with van der Waals surface area (Å²) in [7, 11) is 2.25. The fraction of sp³-hybridized carbons (Fsp3) is 0. The maximum Gasteiger partial charge on any atom is 0 e. The molecule has 0 bridgehead atoms. The van der Waals surface area contributed by atoms with Gasteiger partial charge in [0, 0.05) is 43.4 Å². The van der Waals surface area contributed by atoms with Crippen LogP contribution in [0.5, 0.6) is 0 Å². The summed E-state index contributed by atoms with van der Waals surface area (Å²) >= 11 is 0. The Hall–Kier alpha value is 0.0686. The molecule has 0 radical (unpaired) electrons. The van der Waals surface area contributed by atoms with Crippen LogP contribution < -0.4 is 0 Å². The Morgan fingerprint density at radius 2 is 0.583 bits per heavy atom. The van der Waals surface area contributed by atoms with Gasteiger partial charge in [-0.15, -0.1) is 0 Å². The van der Waals surface area contributed by atoms with Crippen LogP contribution in [0.25, 0.3) is 0 Å². The van der Waals surface area contributed by atoms with Crippen molar-refractivity contribution in [2.75, 3.05) is 0 Å². The van der Waals surface area contributed by atoms with E-state index < -0.39 is 0 Å². The smallest absolute Gasteiger partial charge is 0 e. The summed E-state index contributed by atoms with van der Waals surface area (Å²) in [5.74, 6) is 0. The van der Waals surface area contributed by atoms with Crippen LogP contribution in [-0.2, 0) is 62.6 Å². The van der Waals surface area contributed by atoms with E-state index in [2.05, 4.69) is 34.3 Å². The van der Waals surface area contributed by atoms with Crippen LogP contribution in [0, 0.1) is 7.11 Å².